The maximum absolute atomic E-state index is 7.06. The lowest BCUT2D eigenvalue weighted by Crippen LogP contribution is -2.29. The highest BCUT2D eigenvalue weighted by Gasteiger charge is 2.09. The van der Waals surface area contributed by atoms with E-state index in [4.69, 9.17) is 10.1 Å². The largest absolute Gasteiger partial charge is 0.481 e. The second-order valence-electron chi connectivity index (χ2n) is 3.77. The van der Waals surface area contributed by atoms with Gasteiger partial charge >= 0.3 is 0 Å². The number of hydrogen-bond donors (Lipinski definition) is 3. The molecule has 2 rings (SSSR count). The van der Waals surface area contributed by atoms with E-state index in [1.807, 2.05) is 12.1 Å². The zero-order valence-electron chi connectivity index (χ0n) is 10.6. The van der Waals surface area contributed by atoms with Gasteiger partial charge in [0, 0.05) is 31.2 Å². The Hall–Kier alpha value is -2.63. The molecule has 0 saturated heterocycles. The molecular weight excluding hydrogens is 242 g/mol. The number of hydrogen-bond acceptors (Lipinski definition) is 6. The molecule has 0 unspecified atom stereocenters. The lowest BCUT2D eigenvalue weighted by molar-refractivity contribution is 0.403. The van der Waals surface area contributed by atoms with Crippen molar-refractivity contribution in [1.82, 2.24) is 15.6 Å². The normalized spacial score (nSPS) is 16.2. The SMILES string of the molecule is COC1=N/C(=C/C=N)NC(NCc2cccnc2)=C1. The van der Waals surface area contributed by atoms with Gasteiger partial charge < -0.3 is 20.8 Å². The molecule has 19 heavy (non-hydrogen) atoms. The first-order chi connectivity index (χ1) is 9.31. The first kappa shape index (κ1) is 12.8. The van der Waals surface area contributed by atoms with Crippen molar-refractivity contribution in [3.05, 3.63) is 53.9 Å². The van der Waals surface area contributed by atoms with E-state index in [0.29, 0.717) is 18.3 Å². The number of aromatic nitrogens is 1. The smallest absolute Gasteiger partial charge is 0.218 e. The van der Waals surface area contributed by atoms with Crippen LogP contribution in [0.2, 0.25) is 0 Å². The Morgan fingerprint density at radius 1 is 1.53 bits per heavy atom. The number of pyridine rings is 1. The highest BCUT2D eigenvalue weighted by atomic mass is 16.5. The van der Waals surface area contributed by atoms with Gasteiger partial charge in [0.2, 0.25) is 5.90 Å². The molecule has 0 fully saturated rings. The summed E-state index contributed by atoms with van der Waals surface area (Å²) in [6, 6.07) is 3.88. The molecule has 1 aromatic rings. The molecule has 1 aliphatic rings. The molecule has 6 nitrogen and oxygen atoms in total. The highest BCUT2D eigenvalue weighted by molar-refractivity contribution is 5.90. The Balaban J connectivity index is 2.04. The van der Waals surface area contributed by atoms with Crippen molar-refractivity contribution in [2.75, 3.05) is 7.11 Å². The van der Waals surface area contributed by atoms with E-state index < -0.39 is 0 Å². The summed E-state index contributed by atoms with van der Waals surface area (Å²) in [5, 5.41) is 13.3. The standard InChI is InChI=1S/C13H15N5O/c1-19-13-7-12(17-11(18-13)4-5-14)16-9-10-3-2-6-15-8-10/h2-8,14,16-17H,9H2,1H3/b11-4+,14-5?. The van der Waals surface area contributed by atoms with Crippen LogP contribution in [-0.4, -0.2) is 24.2 Å². The van der Waals surface area contributed by atoms with Crippen LogP contribution in [-0.2, 0) is 11.3 Å². The van der Waals surface area contributed by atoms with Gasteiger partial charge in [-0.2, -0.15) is 4.99 Å². The Bertz CT molecular complexity index is 533. The Morgan fingerprint density at radius 3 is 3.11 bits per heavy atom. The van der Waals surface area contributed by atoms with E-state index >= 15 is 0 Å². The molecule has 0 spiro atoms. The van der Waals surface area contributed by atoms with Gasteiger partial charge in [-0.25, -0.2) is 0 Å². The van der Waals surface area contributed by atoms with Crippen LogP contribution in [0.5, 0.6) is 0 Å². The monoisotopic (exact) mass is 257 g/mol. The summed E-state index contributed by atoms with van der Waals surface area (Å²) in [5.41, 5.74) is 1.07. The molecule has 0 aromatic carbocycles. The number of nitrogens with one attached hydrogen (secondary N) is 3. The minimum Gasteiger partial charge on any atom is -0.481 e. The summed E-state index contributed by atoms with van der Waals surface area (Å²) < 4.78 is 5.12. The number of nitrogens with zero attached hydrogens (tertiary/aromatic N) is 2. The summed E-state index contributed by atoms with van der Waals surface area (Å²) in [4.78, 5) is 8.21. The van der Waals surface area contributed by atoms with Crippen LogP contribution in [0.1, 0.15) is 5.56 Å². The van der Waals surface area contributed by atoms with Crippen LogP contribution in [0.15, 0.2) is 53.3 Å². The number of allylic oxidation sites excluding steroid dienone is 1. The van der Waals surface area contributed by atoms with Gasteiger partial charge in [-0.05, 0) is 17.7 Å². The molecule has 3 N–H and O–H groups in total. The zero-order chi connectivity index (χ0) is 13.5. The van der Waals surface area contributed by atoms with Gasteiger partial charge in [0.05, 0.1) is 7.11 Å². The van der Waals surface area contributed by atoms with Crippen LogP contribution >= 0.6 is 0 Å². The molecule has 2 heterocycles. The molecule has 0 aliphatic carbocycles. The van der Waals surface area contributed by atoms with Crippen LogP contribution in [0, 0.1) is 5.41 Å². The maximum atomic E-state index is 7.06. The molecule has 0 amide bonds. The van der Waals surface area contributed by atoms with Crippen molar-refractivity contribution in [2.24, 2.45) is 4.99 Å². The molecule has 0 bridgehead atoms. The van der Waals surface area contributed by atoms with Crippen LogP contribution in [0.3, 0.4) is 0 Å². The lowest BCUT2D eigenvalue weighted by atomic mass is 10.3. The van der Waals surface area contributed by atoms with E-state index in [0.717, 1.165) is 11.4 Å². The van der Waals surface area contributed by atoms with Crippen molar-refractivity contribution in [1.29, 1.82) is 5.41 Å². The van der Waals surface area contributed by atoms with Gasteiger partial charge in [-0.15, -0.1) is 0 Å². The summed E-state index contributed by atoms with van der Waals surface area (Å²) >= 11 is 0. The minimum atomic E-state index is 0.487. The van der Waals surface area contributed by atoms with Gasteiger partial charge in [-0.1, -0.05) is 6.07 Å². The second kappa shape index (κ2) is 6.34. The first-order valence-corrected chi connectivity index (χ1v) is 5.77. The summed E-state index contributed by atoms with van der Waals surface area (Å²) in [7, 11) is 1.56. The molecule has 0 atom stereocenters. The number of rotatable bonds is 4. The van der Waals surface area contributed by atoms with E-state index in [-0.39, 0.29) is 0 Å². The molecule has 1 aromatic heterocycles. The average Bonchev–Trinajstić information content (AvgIpc) is 2.46. The predicted molar refractivity (Wildman–Crippen MR) is 73.6 cm³/mol. The fourth-order valence-corrected chi connectivity index (χ4v) is 1.53. The topological polar surface area (TPSA) is 82.4 Å². The van der Waals surface area contributed by atoms with E-state index in [9.17, 15) is 0 Å². The van der Waals surface area contributed by atoms with Crippen LogP contribution in [0.4, 0.5) is 0 Å². The second-order valence-corrected chi connectivity index (χ2v) is 3.77. The van der Waals surface area contributed by atoms with Crippen molar-refractivity contribution >= 4 is 12.1 Å². The van der Waals surface area contributed by atoms with Crippen LogP contribution < -0.4 is 10.6 Å². The zero-order valence-corrected chi connectivity index (χ0v) is 10.6. The van der Waals surface area contributed by atoms with Gasteiger partial charge in [-0.3, -0.25) is 4.98 Å². The molecule has 0 saturated carbocycles. The van der Waals surface area contributed by atoms with Gasteiger partial charge in [0.1, 0.15) is 11.6 Å². The van der Waals surface area contributed by atoms with Crippen molar-refractivity contribution < 1.29 is 4.74 Å². The Morgan fingerprint density at radius 2 is 2.42 bits per heavy atom. The van der Waals surface area contributed by atoms with Gasteiger partial charge in [0.25, 0.3) is 0 Å². The maximum Gasteiger partial charge on any atom is 0.218 e. The molecular formula is C13H15N5O. The van der Waals surface area contributed by atoms with E-state index in [2.05, 4.69) is 20.6 Å². The fourth-order valence-electron chi connectivity index (χ4n) is 1.53. The molecule has 98 valence electrons. The van der Waals surface area contributed by atoms with E-state index in [1.165, 1.54) is 6.21 Å². The Kier molecular flexibility index (Phi) is 4.28. The minimum absolute atomic E-state index is 0.487. The van der Waals surface area contributed by atoms with Crippen LogP contribution in [0.25, 0.3) is 0 Å². The third-order valence-corrected chi connectivity index (χ3v) is 2.42. The predicted octanol–water partition coefficient (Wildman–Crippen LogP) is 1.15. The Labute approximate surface area is 111 Å². The van der Waals surface area contributed by atoms with E-state index in [1.54, 1.807) is 31.7 Å². The molecule has 6 heteroatoms. The first-order valence-electron chi connectivity index (χ1n) is 5.77. The number of aliphatic imine (C=N–C) groups is 1. The quantitative estimate of drug-likeness (QED) is 0.707. The summed E-state index contributed by atoms with van der Waals surface area (Å²) in [6.45, 7) is 0.640. The number of ether oxygens (including phenoxy) is 1. The average molecular weight is 257 g/mol. The third kappa shape index (κ3) is 3.67. The number of methoxy groups -OCH3 is 1. The highest BCUT2D eigenvalue weighted by Crippen LogP contribution is 2.06. The summed E-state index contributed by atoms with van der Waals surface area (Å²) in [6.07, 6.45) is 8.02. The molecule has 1 aliphatic heterocycles. The molecule has 0 radical (unpaired) electrons. The summed E-state index contributed by atoms with van der Waals surface area (Å²) in [5.74, 6) is 1.81. The van der Waals surface area contributed by atoms with Crippen molar-refractivity contribution in [2.45, 2.75) is 6.54 Å². The van der Waals surface area contributed by atoms with Gasteiger partial charge in [0.15, 0.2) is 0 Å². The lowest BCUT2D eigenvalue weighted by Gasteiger charge is -2.18. The fraction of sp³-hybridized carbons (Fsp3) is 0.154. The third-order valence-electron chi connectivity index (χ3n) is 2.42. The van der Waals surface area contributed by atoms with Crippen molar-refractivity contribution in [3.63, 3.8) is 0 Å². The van der Waals surface area contributed by atoms with Crippen molar-refractivity contribution in [3.8, 4) is 0 Å².